The summed E-state index contributed by atoms with van der Waals surface area (Å²) in [6.07, 6.45) is 5.31. The van der Waals surface area contributed by atoms with Crippen molar-refractivity contribution in [3.8, 4) is 0 Å². The zero-order chi connectivity index (χ0) is 13.0. The van der Waals surface area contributed by atoms with Crippen molar-refractivity contribution < 1.29 is 4.79 Å². The highest BCUT2D eigenvalue weighted by Crippen LogP contribution is 2.11. The molecule has 2 heterocycles. The fourth-order valence-corrected chi connectivity index (χ4v) is 2.41. The highest BCUT2D eigenvalue weighted by Gasteiger charge is 2.17. The summed E-state index contributed by atoms with van der Waals surface area (Å²) >= 11 is 0. The minimum absolute atomic E-state index is 0.145. The number of aromatic nitrogens is 2. The summed E-state index contributed by atoms with van der Waals surface area (Å²) < 4.78 is 1.84. The van der Waals surface area contributed by atoms with Gasteiger partial charge >= 0.3 is 0 Å². The lowest BCUT2D eigenvalue weighted by atomic mass is 10.1. The van der Waals surface area contributed by atoms with Crippen LogP contribution >= 0.6 is 0 Å². The van der Waals surface area contributed by atoms with E-state index in [1.807, 2.05) is 22.7 Å². The van der Waals surface area contributed by atoms with Gasteiger partial charge in [0, 0.05) is 32.4 Å². The SMILES string of the molecule is CC(NCC(=O)N1CCCCC1)c1ccnn1C. The zero-order valence-electron chi connectivity index (χ0n) is 11.2. The molecule has 1 aliphatic rings. The fraction of sp³-hybridized carbons (Fsp3) is 0.692. The number of amides is 1. The van der Waals surface area contributed by atoms with E-state index < -0.39 is 0 Å². The molecule has 1 aliphatic heterocycles. The van der Waals surface area contributed by atoms with Crippen LogP contribution in [0.25, 0.3) is 0 Å². The quantitative estimate of drug-likeness (QED) is 0.870. The van der Waals surface area contributed by atoms with Crippen LogP contribution in [-0.4, -0.2) is 40.2 Å². The molecule has 0 radical (unpaired) electrons. The molecule has 100 valence electrons. The van der Waals surface area contributed by atoms with Crippen LogP contribution in [0.5, 0.6) is 0 Å². The van der Waals surface area contributed by atoms with E-state index in [2.05, 4.69) is 17.3 Å². The predicted molar refractivity (Wildman–Crippen MR) is 70.1 cm³/mol. The van der Waals surface area contributed by atoms with Gasteiger partial charge in [-0.2, -0.15) is 5.10 Å². The minimum Gasteiger partial charge on any atom is -0.342 e. The van der Waals surface area contributed by atoms with Gasteiger partial charge in [-0.3, -0.25) is 9.48 Å². The second kappa shape index (κ2) is 6.00. The zero-order valence-corrected chi connectivity index (χ0v) is 11.2. The summed E-state index contributed by atoms with van der Waals surface area (Å²) in [5, 5.41) is 7.41. The Kier molecular flexibility index (Phi) is 4.36. The third-order valence-corrected chi connectivity index (χ3v) is 3.57. The first-order valence-electron chi connectivity index (χ1n) is 6.67. The van der Waals surface area contributed by atoms with Gasteiger partial charge in [-0.05, 0) is 32.3 Å². The maximum atomic E-state index is 12.0. The summed E-state index contributed by atoms with van der Waals surface area (Å²) in [6.45, 7) is 4.30. The molecule has 1 fully saturated rings. The Balaban J connectivity index is 1.80. The van der Waals surface area contributed by atoms with E-state index in [0.29, 0.717) is 6.54 Å². The Labute approximate surface area is 108 Å². The summed E-state index contributed by atoms with van der Waals surface area (Å²) in [4.78, 5) is 14.0. The second-order valence-electron chi connectivity index (χ2n) is 4.92. The highest BCUT2D eigenvalue weighted by atomic mass is 16.2. The smallest absolute Gasteiger partial charge is 0.236 e. The van der Waals surface area contributed by atoms with Gasteiger partial charge < -0.3 is 10.2 Å². The van der Waals surface area contributed by atoms with Crippen molar-refractivity contribution in [1.82, 2.24) is 20.0 Å². The van der Waals surface area contributed by atoms with Crippen molar-refractivity contribution in [3.63, 3.8) is 0 Å². The monoisotopic (exact) mass is 250 g/mol. The largest absolute Gasteiger partial charge is 0.342 e. The number of nitrogens with one attached hydrogen (secondary N) is 1. The van der Waals surface area contributed by atoms with Gasteiger partial charge in [-0.15, -0.1) is 0 Å². The number of rotatable bonds is 4. The Morgan fingerprint density at radius 3 is 2.78 bits per heavy atom. The van der Waals surface area contributed by atoms with E-state index in [1.165, 1.54) is 6.42 Å². The second-order valence-corrected chi connectivity index (χ2v) is 4.92. The number of piperidine rings is 1. The van der Waals surface area contributed by atoms with Crippen LogP contribution in [0, 0.1) is 0 Å². The third-order valence-electron chi connectivity index (χ3n) is 3.57. The van der Waals surface area contributed by atoms with E-state index in [4.69, 9.17) is 0 Å². The third kappa shape index (κ3) is 3.10. The van der Waals surface area contributed by atoms with E-state index >= 15 is 0 Å². The number of nitrogens with zero attached hydrogens (tertiary/aromatic N) is 3. The summed E-state index contributed by atoms with van der Waals surface area (Å²) in [7, 11) is 1.92. The van der Waals surface area contributed by atoms with Crippen LogP contribution in [0.4, 0.5) is 0 Å². The van der Waals surface area contributed by atoms with Gasteiger partial charge in [0.05, 0.1) is 12.2 Å². The van der Waals surface area contributed by atoms with Gasteiger partial charge in [0.25, 0.3) is 0 Å². The fourth-order valence-electron chi connectivity index (χ4n) is 2.41. The molecule has 0 aromatic carbocycles. The molecular formula is C13H22N4O. The van der Waals surface area contributed by atoms with Crippen LogP contribution in [0.15, 0.2) is 12.3 Å². The molecule has 1 amide bonds. The molecule has 0 spiro atoms. The van der Waals surface area contributed by atoms with Crippen LogP contribution < -0.4 is 5.32 Å². The first-order chi connectivity index (χ1) is 8.68. The van der Waals surface area contributed by atoms with Crippen molar-refractivity contribution in [3.05, 3.63) is 18.0 Å². The van der Waals surface area contributed by atoms with Gasteiger partial charge in [0.2, 0.25) is 5.91 Å². The van der Waals surface area contributed by atoms with E-state index in [0.717, 1.165) is 31.6 Å². The van der Waals surface area contributed by atoms with Gasteiger partial charge in [0.1, 0.15) is 0 Å². The normalized spacial score (nSPS) is 17.8. The standard InChI is InChI=1S/C13H22N4O/c1-11(12-6-7-15-16(12)2)14-10-13(18)17-8-4-3-5-9-17/h6-7,11,14H,3-5,8-10H2,1-2H3. The summed E-state index contributed by atoms with van der Waals surface area (Å²) in [6, 6.07) is 2.12. The molecule has 5 nitrogen and oxygen atoms in total. The molecule has 0 saturated carbocycles. The molecule has 5 heteroatoms. The molecule has 0 bridgehead atoms. The van der Waals surface area contributed by atoms with Crippen molar-refractivity contribution in [1.29, 1.82) is 0 Å². The topological polar surface area (TPSA) is 50.2 Å². The Morgan fingerprint density at radius 2 is 2.17 bits per heavy atom. The average molecular weight is 250 g/mol. The lowest BCUT2D eigenvalue weighted by molar-refractivity contribution is -0.131. The van der Waals surface area contributed by atoms with Crippen LogP contribution in [0.2, 0.25) is 0 Å². The molecule has 1 saturated heterocycles. The van der Waals surface area contributed by atoms with E-state index in [1.54, 1.807) is 6.20 Å². The average Bonchev–Trinajstić information content (AvgIpc) is 2.83. The number of hydrogen-bond acceptors (Lipinski definition) is 3. The van der Waals surface area contributed by atoms with Gasteiger partial charge in [-0.1, -0.05) is 0 Å². The van der Waals surface area contributed by atoms with Crippen molar-refractivity contribution in [2.45, 2.75) is 32.2 Å². The molecule has 18 heavy (non-hydrogen) atoms. The first-order valence-corrected chi connectivity index (χ1v) is 6.67. The van der Waals surface area contributed by atoms with Crippen LogP contribution in [0.3, 0.4) is 0 Å². The molecule has 1 atom stereocenters. The van der Waals surface area contributed by atoms with E-state index in [9.17, 15) is 4.79 Å². The van der Waals surface area contributed by atoms with Crippen LogP contribution in [-0.2, 0) is 11.8 Å². The molecule has 1 aromatic rings. The minimum atomic E-state index is 0.145. The maximum absolute atomic E-state index is 12.0. The van der Waals surface area contributed by atoms with Gasteiger partial charge in [-0.25, -0.2) is 0 Å². The van der Waals surface area contributed by atoms with Crippen molar-refractivity contribution in [2.75, 3.05) is 19.6 Å². The Bertz CT molecular complexity index is 395. The molecular weight excluding hydrogens is 228 g/mol. The predicted octanol–water partition coefficient (Wildman–Crippen LogP) is 1.08. The van der Waals surface area contributed by atoms with Crippen LogP contribution in [0.1, 0.15) is 37.9 Å². The number of likely N-dealkylation sites (tertiary alicyclic amines) is 1. The lowest BCUT2D eigenvalue weighted by Crippen LogP contribution is -2.41. The van der Waals surface area contributed by atoms with E-state index in [-0.39, 0.29) is 11.9 Å². The number of carbonyl (C=O) groups excluding carboxylic acids is 1. The number of hydrogen-bond donors (Lipinski definition) is 1. The molecule has 1 aromatic heterocycles. The molecule has 1 unspecified atom stereocenters. The van der Waals surface area contributed by atoms with Crippen molar-refractivity contribution >= 4 is 5.91 Å². The van der Waals surface area contributed by atoms with Crippen molar-refractivity contribution in [2.24, 2.45) is 7.05 Å². The maximum Gasteiger partial charge on any atom is 0.236 e. The highest BCUT2D eigenvalue weighted by molar-refractivity contribution is 5.78. The molecule has 1 N–H and O–H groups in total. The van der Waals surface area contributed by atoms with Gasteiger partial charge in [0.15, 0.2) is 0 Å². The lowest BCUT2D eigenvalue weighted by Gasteiger charge is -2.27. The summed E-state index contributed by atoms with van der Waals surface area (Å²) in [5.74, 6) is 0.212. The number of aryl methyl sites for hydroxylation is 1. The molecule has 0 aliphatic carbocycles. The Hall–Kier alpha value is -1.36. The Morgan fingerprint density at radius 1 is 1.44 bits per heavy atom. The summed E-state index contributed by atoms with van der Waals surface area (Å²) in [5.41, 5.74) is 1.10. The number of carbonyl (C=O) groups is 1. The molecule has 2 rings (SSSR count). The first kappa shape index (κ1) is 13.1.